The van der Waals surface area contributed by atoms with Crippen LogP contribution in [0, 0.1) is 13.8 Å². The highest BCUT2D eigenvalue weighted by Gasteiger charge is 2.34. The van der Waals surface area contributed by atoms with E-state index in [0.29, 0.717) is 18.0 Å². The van der Waals surface area contributed by atoms with Crippen LogP contribution in [-0.2, 0) is 32.6 Å². The first-order chi connectivity index (χ1) is 22.1. The van der Waals surface area contributed by atoms with Crippen LogP contribution in [0.2, 0.25) is 0 Å². The standard InChI is InChI=1S/C37H43N3O5S/c1-5-6-22-38-37(42)35(25-30-13-8-7-9-14-30)39(26-31-15-11-17-33(24-31)45-4)36(41)27-40(32-16-10-12-29(3)23-32)46(43,44)34-20-18-28(2)19-21-34/h7-21,23-24,35H,5-6,22,25-27H2,1-4H3,(H,38,42). The van der Waals surface area contributed by atoms with Crippen molar-refractivity contribution in [2.75, 3.05) is 24.5 Å². The summed E-state index contributed by atoms with van der Waals surface area (Å²) in [6.07, 6.45) is 1.95. The molecule has 1 unspecified atom stereocenters. The van der Waals surface area contributed by atoms with E-state index in [0.717, 1.165) is 39.4 Å². The summed E-state index contributed by atoms with van der Waals surface area (Å²) in [6.45, 7) is 5.83. The molecule has 0 bridgehead atoms. The highest BCUT2D eigenvalue weighted by molar-refractivity contribution is 7.92. The first-order valence-corrected chi connectivity index (χ1v) is 17.0. The lowest BCUT2D eigenvalue weighted by atomic mass is 10.0. The van der Waals surface area contributed by atoms with Crippen LogP contribution in [-0.4, -0.2) is 51.4 Å². The highest BCUT2D eigenvalue weighted by atomic mass is 32.2. The van der Waals surface area contributed by atoms with Gasteiger partial charge in [-0.05, 0) is 73.4 Å². The second-order valence-corrected chi connectivity index (χ2v) is 13.2. The fourth-order valence-corrected chi connectivity index (χ4v) is 6.58. The smallest absolute Gasteiger partial charge is 0.264 e. The number of amides is 2. The fourth-order valence-electron chi connectivity index (χ4n) is 5.18. The number of hydrogen-bond donors (Lipinski definition) is 1. The summed E-state index contributed by atoms with van der Waals surface area (Å²) >= 11 is 0. The number of methoxy groups -OCH3 is 1. The van der Waals surface area contributed by atoms with Crippen LogP contribution in [0.3, 0.4) is 0 Å². The second kappa shape index (κ2) is 16.1. The number of benzene rings is 4. The molecular weight excluding hydrogens is 598 g/mol. The lowest BCUT2D eigenvalue weighted by Gasteiger charge is -2.34. The Morgan fingerprint density at radius 3 is 2.20 bits per heavy atom. The summed E-state index contributed by atoms with van der Waals surface area (Å²) in [5, 5.41) is 3.01. The second-order valence-electron chi connectivity index (χ2n) is 11.4. The predicted molar refractivity (Wildman–Crippen MR) is 182 cm³/mol. The minimum absolute atomic E-state index is 0.0704. The molecule has 0 aliphatic rings. The Morgan fingerprint density at radius 1 is 0.826 bits per heavy atom. The van der Waals surface area contributed by atoms with Crippen LogP contribution >= 0.6 is 0 Å². The molecule has 2 amide bonds. The largest absolute Gasteiger partial charge is 0.497 e. The molecule has 4 aromatic carbocycles. The zero-order valence-electron chi connectivity index (χ0n) is 27.0. The molecular formula is C37H43N3O5S. The van der Waals surface area contributed by atoms with Crippen molar-refractivity contribution in [2.24, 2.45) is 0 Å². The van der Waals surface area contributed by atoms with Crippen LogP contribution in [0.15, 0.2) is 108 Å². The summed E-state index contributed by atoms with van der Waals surface area (Å²) in [4.78, 5) is 30.0. The Balaban J connectivity index is 1.80. The highest BCUT2D eigenvalue weighted by Crippen LogP contribution is 2.26. The van der Waals surface area contributed by atoms with E-state index >= 15 is 0 Å². The summed E-state index contributed by atoms with van der Waals surface area (Å²) in [5.74, 6) is -0.191. The maximum atomic E-state index is 14.6. The van der Waals surface area contributed by atoms with E-state index in [9.17, 15) is 18.0 Å². The SMILES string of the molecule is CCCCNC(=O)C(Cc1ccccc1)N(Cc1cccc(OC)c1)C(=O)CN(c1cccc(C)c1)S(=O)(=O)c1ccc(C)cc1. The van der Waals surface area contributed by atoms with Crippen molar-refractivity contribution in [3.8, 4) is 5.75 Å². The number of nitrogens with zero attached hydrogens (tertiary/aromatic N) is 2. The van der Waals surface area contributed by atoms with E-state index in [-0.39, 0.29) is 23.8 Å². The summed E-state index contributed by atoms with van der Waals surface area (Å²) in [6, 6.07) is 29.5. The van der Waals surface area contributed by atoms with Crippen molar-refractivity contribution in [1.29, 1.82) is 0 Å². The van der Waals surface area contributed by atoms with Gasteiger partial charge in [-0.15, -0.1) is 0 Å². The van der Waals surface area contributed by atoms with Crippen molar-refractivity contribution < 1.29 is 22.7 Å². The Bertz CT molecular complexity index is 1710. The number of unbranched alkanes of at least 4 members (excludes halogenated alkanes) is 1. The molecule has 0 heterocycles. The average molecular weight is 642 g/mol. The first-order valence-electron chi connectivity index (χ1n) is 15.5. The Kier molecular flexibility index (Phi) is 12.0. The lowest BCUT2D eigenvalue weighted by molar-refractivity contribution is -0.140. The molecule has 9 heteroatoms. The lowest BCUT2D eigenvalue weighted by Crippen LogP contribution is -2.53. The van der Waals surface area contributed by atoms with Crippen molar-refractivity contribution in [2.45, 2.75) is 57.5 Å². The zero-order chi connectivity index (χ0) is 33.1. The molecule has 1 N–H and O–H groups in total. The number of carbonyl (C=O) groups excluding carboxylic acids is 2. The first kappa shape index (κ1) is 34.2. The van der Waals surface area contributed by atoms with Crippen molar-refractivity contribution in [3.63, 3.8) is 0 Å². The van der Waals surface area contributed by atoms with Crippen molar-refractivity contribution >= 4 is 27.5 Å². The summed E-state index contributed by atoms with van der Waals surface area (Å²) in [5.41, 5.74) is 3.75. The van der Waals surface area contributed by atoms with Gasteiger partial charge in [0.1, 0.15) is 18.3 Å². The average Bonchev–Trinajstić information content (AvgIpc) is 3.05. The molecule has 46 heavy (non-hydrogen) atoms. The number of ether oxygens (including phenoxy) is 1. The van der Waals surface area contributed by atoms with Crippen LogP contribution in [0.1, 0.15) is 42.0 Å². The van der Waals surface area contributed by atoms with E-state index in [1.54, 1.807) is 49.6 Å². The van der Waals surface area contributed by atoms with E-state index in [1.165, 1.54) is 4.90 Å². The molecule has 0 saturated heterocycles. The maximum absolute atomic E-state index is 14.6. The number of rotatable bonds is 15. The van der Waals surface area contributed by atoms with Gasteiger partial charge < -0.3 is 15.0 Å². The number of aryl methyl sites for hydroxylation is 2. The minimum atomic E-state index is -4.16. The predicted octanol–water partition coefficient (Wildman–Crippen LogP) is 6.06. The van der Waals surface area contributed by atoms with Crippen LogP contribution in [0.25, 0.3) is 0 Å². The van der Waals surface area contributed by atoms with E-state index < -0.39 is 28.5 Å². The van der Waals surface area contributed by atoms with Crippen molar-refractivity contribution in [1.82, 2.24) is 10.2 Å². The van der Waals surface area contributed by atoms with Gasteiger partial charge in [0.2, 0.25) is 11.8 Å². The van der Waals surface area contributed by atoms with Gasteiger partial charge in [-0.25, -0.2) is 8.42 Å². The van der Waals surface area contributed by atoms with Gasteiger partial charge in [0.15, 0.2) is 0 Å². The zero-order valence-corrected chi connectivity index (χ0v) is 27.8. The topological polar surface area (TPSA) is 96.0 Å². The molecule has 4 aromatic rings. The van der Waals surface area contributed by atoms with Gasteiger partial charge in [-0.1, -0.05) is 85.6 Å². The molecule has 0 saturated carbocycles. The Hall–Kier alpha value is -4.63. The van der Waals surface area contributed by atoms with Crippen LogP contribution in [0.5, 0.6) is 5.75 Å². The van der Waals surface area contributed by atoms with Crippen molar-refractivity contribution in [3.05, 3.63) is 125 Å². The number of sulfonamides is 1. The van der Waals surface area contributed by atoms with Gasteiger partial charge in [-0.3, -0.25) is 13.9 Å². The van der Waals surface area contributed by atoms with Gasteiger partial charge >= 0.3 is 0 Å². The Labute approximate surface area is 273 Å². The monoisotopic (exact) mass is 641 g/mol. The fraction of sp³-hybridized carbons (Fsp3) is 0.297. The summed E-state index contributed by atoms with van der Waals surface area (Å²) in [7, 11) is -2.59. The molecule has 1 atom stereocenters. The third-order valence-corrected chi connectivity index (χ3v) is 9.55. The molecule has 8 nitrogen and oxygen atoms in total. The van der Waals surface area contributed by atoms with Gasteiger partial charge in [0.05, 0.1) is 17.7 Å². The molecule has 0 radical (unpaired) electrons. The number of hydrogen-bond acceptors (Lipinski definition) is 5. The van der Waals surface area contributed by atoms with Gasteiger partial charge in [-0.2, -0.15) is 0 Å². The molecule has 242 valence electrons. The van der Waals surface area contributed by atoms with Gasteiger partial charge in [0.25, 0.3) is 10.0 Å². The Morgan fingerprint density at radius 2 is 1.52 bits per heavy atom. The van der Waals surface area contributed by atoms with Gasteiger partial charge in [0, 0.05) is 19.5 Å². The van der Waals surface area contributed by atoms with E-state index in [4.69, 9.17) is 4.74 Å². The molecule has 0 aliphatic carbocycles. The number of nitrogens with one attached hydrogen (secondary N) is 1. The third-order valence-electron chi connectivity index (χ3n) is 7.77. The molecule has 0 aromatic heterocycles. The molecule has 0 fully saturated rings. The molecule has 4 rings (SSSR count). The van der Waals surface area contributed by atoms with E-state index in [1.807, 2.05) is 81.4 Å². The molecule has 0 spiro atoms. The quantitative estimate of drug-likeness (QED) is 0.159. The minimum Gasteiger partial charge on any atom is -0.497 e. The van der Waals surface area contributed by atoms with Crippen LogP contribution < -0.4 is 14.4 Å². The molecule has 0 aliphatic heterocycles. The maximum Gasteiger partial charge on any atom is 0.264 e. The third kappa shape index (κ3) is 8.97. The summed E-state index contributed by atoms with van der Waals surface area (Å²) < 4.78 is 34.9. The van der Waals surface area contributed by atoms with Crippen LogP contribution in [0.4, 0.5) is 5.69 Å². The number of carbonyl (C=O) groups is 2. The normalized spacial score (nSPS) is 11.8. The number of anilines is 1. The van der Waals surface area contributed by atoms with E-state index in [2.05, 4.69) is 5.32 Å².